The van der Waals surface area contributed by atoms with Crippen LogP contribution in [0.25, 0.3) is 99.2 Å². The molecule has 3 heteroatoms. The molecule has 8 aromatic carbocycles. The molecule has 11 rings (SSSR count). The third-order valence-corrected chi connectivity index (χ3v) is 10.5. The van der Waals surface area contributed by atoms with Gasteiger partial charge in [-0.2, -0.15) is 0 Å². The van der Waals surface area contributed by atoms with Crippen LogP contribution in [0.15, 0.2) is 186 Å². The molecule has 0 unspecified atom stereocenters. The van der Waals surface area contributed by atoms with Crippen LogP contribution in [-0.2, 0) is 0 Å². The van der Waals surface area contributed by atoms with E-state index in [1.165, 1.54) is 54.7 Å². The minimum absolute atomic E-state index is 0.915. The number of nitrogens with zero attached hydrogens (tertiary/aromatic N) is 2. The number of furan rings is 1. The SMILES string of the molecule is c1ccc(-c2ccc3c4c5c6ccccc6n(-c6ccc(-c7cccc8c7oc7ccccc78)cc6)c5ccc4n(-c4ccccc4)c3c2)cc1. The van der Waals surface area contributed by atoms with Crippen molar-refractivity contribution in [3.63, 3.8) is 0 Å². The Bertz CT molecular complexity index is 3110. The van der Waals surface area contributed by atoms with Crippen LogP contribution in [0, 0.1) is 0 Å². The van der Waals surface area contributed by atoms with E-state index in [-0.39, 0.29) is 0 Å². The molecule has 238 valence electrons. The molecule has 0 amide bonds. The number of benzene rings is 8. The van der Waals surface area contributed by atoms with E-state index in [9.17, 15) is 0 Å². The zero-order valence-electron chi connectivity index (χ0n) is 27.6. The van der Waals surface area contributed by atoms with E-state index in [2.05, 4.69) is 179 Å². The Labute approximate surface area is 293 Å². The molecule has 11 aromatic rings. The molecule has 0 aliphatic rings. The summed E-state index contributed by atoms with van der Waals surface area (Å²) in [5, 5.41) is 7.32. The summed E-state index contributed by atoms with van der Waals surface area (Å²) >= 11 is 0. The van der Waals surface area contributed by atoms with E-state index in [1.54, 1.807) is 0 Å². The van der Waals surface area contributed by atoms with Gasteiger partial charge in [-0.25, -0.2) is 0 Å². The molecule has 3 nitrogen and oxygen atoms in total. The molecular weight excluding hydrogens is 621 g/mol. The summed E-state index contributed by atoms with van der Waals surface area (Å²) in [6, 6.07) is 65.4. The molecule has 0 saturated heterocycles. The Morgan fingerprint density at radius 2 is 0.922 bits per heavy atom. The average Bonchev–Trinajstić information content (AvgIpc) is 3.86. The van der Waals surface area contributed by atoms with E-state index < -0.39 is 0 Å². The van der Waals surface area contributed by atoms with Gasteiger partial charge in [0.15, 0.2) is 0 Å². The van der Waals surface area contributed by atoms with E-state index >= 15 is 0 Å². The molecule has 0 atom stereocenters. The third kappa shape index (κ3) is 4.12. The average molecular weight is 651 g/mol. The van der Waals surface area contributed by atoms with Gasteiger partial charge in [0.05, 0.1) is 22.1 Å². The molecule has 3 aromatic heterocycles. The van der Waals surface area contributed by atoms with Gasteiger partial charge >= 0.3 is 0 Å². The summed E-state index contributed by atoms with van der Waals surface area (Å²) in [5.41, 5.74) is 13.6. The van der Waals surface area contributed by atoms with Gasteiger partial charge in [-0.3, -0.25) is 0 Å². The fraction of sp³-hybridized carbons (Fsp3) is 0. The summed E-state index contributed by atoms with van der Waals surface area (Å²) in [6.07, 6.45) is 0. The van der Waals surface area contributed by atoms with Crippen LogP contribution >= 0.6 is 0 Å². The number of hydrogen-bond acceptors (Lipinski definition) is 1. The monoisotopic (exact) mass is 650 g/mol. The zero-order valence-corrected chi connectivity index (χ0v) is 27.6. The predicted octanol–water partition coefficient (Wildman–Crippen LogP) is 13.1. The van der Waals surface area contributed by atoms with Crippen molar-refractivity contribution in [1.29, 1.82) is 0 Å². The molecular formula is C48H30N2O. The molecule has 0 bridgehead atoms. The van der Waals surface area contributed by atoms with Gasteiger partial charge in [-0.1, -0.05) is 127 Å². The lowest BCUT2D eigenvalue weighted by atomic mass is 10.0. The third-order valence-electron chi connectivity index (χ3n) is 10.5. The van der Waals surface area contributed by atoms with Gasteiger partial charge in [0.25, 0.3) is 0 Å². The second kappa shape index (κ2) is 10.8. The highest BCUT2D eigenvalue weighted by molar-refractivity contribution is 6.29. The Morgan fingerprint density at radius 3 is 1.71 bits per heavy atom. The van der Waals surface area contributed by atoms with Gasteiger partial charge in [-0.15, -0.1) is 0 Å². The van der Waals surface area contributed by atoms with Gasteiger partial charge in [0, 0.05) is 49.3 Å². The van der Waals surface area contributed by atoms with Crippen LogP contribution in [0.3, 0.4) is 0 Å². The maximum atomic E-state index is 6.39. The Balaban J connectivity index is 1.15. The highest BCUT2D eigenvalue weighted by Gasteiger charge is 2.21. The van der Waals surface area contributed by atoms with Crippen LogP contribution in [0.4, 0.5) is 0 Å². The molecule has 0 N–H and O–H groups in total. The minimum atomic E-state index is 0.915. The van der Waals surface area contributed by atoms with E-state index in [4.69, 9.17) is 4.42 Å². The van der Waals surface area contributed by atoms with Crippen LogP contribution in [-0.4, -0.2) is 9.13 Å². The lowest BCUT2D eigenvalue weighted by molar-refractivity contribution is 0.670. The maximum absolute atomic E-state index is 6.39. The molecule has 0 aliphatic carbocycles. The first-order valence-electron chi connectivity index (χ1n) is 17.4. The first-order chi connectivity index (χ1) is 25.3. The fourth-order valence-electron chi connectivity index (χ4n) is 8.27. The number of hydrogen-bond donors (Lipinski definition) is 0. The topological polar surface area (TPSA) is 23.0 Å². The minimum Gasteiger partial charge on any atom is -0.455 e. The van der Waals surface area contributed by atoms with Crippen molar-refractivity contribution in [1.82, 2.24) is 9.13 Å². The summed E-state index contributed by atoms with van der Waals surface area (Å²) < 4.78 is 11.2. The quantitative estimate of drug-likeness (QED) is 0.186. The zero-order chi connectivity index (χ0) is 33.5. The van der Waals surface area contributed by atoms with Crippen molar-refractivity contribution in [2.75, 3.05) is 0 Å². The van der Waals surface area contributed by atoms with E-state index in [1.807, 2.05) is 12.1 Å². The highest BCUT2D eigenvalue weighted by atomic mass is 16.3. The molecule has 51 heavy (non-hydrogen) atoms. The smallest absolute Gasteiger partial charge is 0.143 e. The van der Waals surface area contributed by atoms with Crippen LogP contribution in [0.2, 0.25) is 0 Å². The van der Waals surface area contributed by atoms with Crippen molar-refractivity contribution >= 4 is 65.6 Å². The number of rotatable bonds is 4. The predicted molar refractivity (Wildman–Crippen MR) is 213 cm³/mol. The van der Waals surface area contributed by atoms with Crippen molar-refractivity contribution in [3.05, 3.63) is 182 Å². The number of aromatic nitrogens is 2. The maximum Gasteiger partial charge on any atom is 0.143 e. The molecule has 0 radical (unpaired) electrons. The van der Waals surface area contributed by atoms with Gasteiger partial charge < -0.3 is 13.6 Å². The second-order valence-corrected chi connectivity index (χ2v) is 13.3. The standard InChI is InChI=1S/C48H30N2O/c1-3-12-31(13-4-1)33-24-27-40-44(30-33)50(34-14-5-2-6-15-34)43-29-28-42-46(47(40)43)39-17-7-9-20-41(39)49(42)35-25-22-32(23-26-35)36-18-11-19-38-37-16-8-10-21-45(37)51-48(36)38/h1-30H. The van der Waals surface area contributed by atoms with Crippen molar-refractivity contribution in [2.45, 2.75) is 0 Å². The van der Waals surface area contributed by atoms with Gasteiger partial charge in [0.1, 0.15) is 11.2 Å². The number of fused-ring (bicyclic) bond motifs is 10. The Morgan fingerprint density at radius 1 is 0.333 bits per heavy atom. The summed E-state index contributed by atoms with van der Waals surface area (Å²) in [7, 11) is 0. The Kier molecular flexibility index (Phi) is 5.96. The van der Waals surface area contributed by atoms with Crippen molar-refractivity contribution in [2.24, 2.45) is 0 Å². The summed E-state index contributed by atoms with van der Waals surface area (Å²) in [5.74, 6) is 0. The summed E-state index contributed by atoms with van der Waals surface area (Å²) in [4.78, 5) is 0. The van der Waals surface area contributed by atoms with Crippen LogP contribution < -0.4 is 0 Å². The van der Waals surface area contributed by atoms with Crippen LogP contribution in [0.5, 0.6) is 0 Å². The van der Waals surface area contributed by atoms with E-state index in [0.717, 1.165) is 44.4 Å². The summed E-state index contributed by atoms with van der Waals surface area (Å²) in [6.45, 7) is 0. The first-order valence-corrected chi connectivity index (χ1v) is 17.4. The van der Waals surface area contributed by atoms with Crippen molar-refractivity contribution in [3.8, 4) is 33.6 Å². The molecule has 3 heterocycles. The highest BCUT2D eigenvalue weighted by Crippen LogP contribution is 2.43. The molecule has 0 aliphatic heterocycles. The lowest BCUT2D eigenvalue weighted by Gasteiger charge is -2.10. The molecule has 0 spiro atoms. The molecule has 0 fully saturated rings. The number of para-hydroxylation sites is 4. The second-order valence-electron chi connectivity index (χ2n) is 13.3. The van der Waals surface area contributed by atoms with Crippen molar-refractivity contribution < 1.29 is 4.42 Å². The lowest BCUT2D eigenvalue weighted by Crippen LogP contribution is -1.95. The largest absolute Gasteiger partial charge is 0.455 e. The normalized spacial score (nSPS) is 11.9. The van der Waals surface area contributed by atoms with E-state index in [0.29, 0.717) is 0 Å². The molecule has 0 saturated carbocycles. The first kappa shape index (κ1) is 28.0. The Hall–Kier alpha value is -6.84. The van der Waals surface area contributed by atoms with Crippen LogP contribution in [0.1, 0.15) is 0 Å². The van der Waals surface area contributed by atoms with Gasteiger partial charge in [-0.05, 0) is 71.3 Å². The van der Waals surface area contributed by atoms with Gasteiger partial charge in [0.2, 0.25) is 0 Å². The fourth-order valence-corrected chi connectivity index (χ4v) is 8.27.